The predicted molar refractivity (Wildman–Crippen MR) is 88.9 cm³/mol. The summed E-state index contributed by atoms with van der Waals surface area (Å²) in [6.07, 6.45) is 12.2. The molecular weight excluding hydrogens is 246 g/mol. The van der Waals surface area contributed by atoms with Crippen LogP contribution in [0.15, 0.2) is 0 Å². The Morgan fingerprint density at radius 1 is 1.05 bits per heavy atom. The van der Waals surface area contributed by atoms with Crippen LogP contribution < -0.4 is 11.1 Å². The fourth-order valence-corrected chi connectivity index (χ4v) is 3.50. The van der Waals surface area contributed by atoms with Crippen molar-refractivity contribution in [2.75, 3.05) is 19.6 Å². The molecule has 0 bridgehead atoms. The zero-order valence-electron chi connectivity index (χ0n) is 14.1. The van der Waals surface area contributed by atoms with Gasteiger partial charge in [0.1, 0.15) is 0 Å². The zero-order valence-corrected chi connectivity index (χ0v) is 14.1. The number of unbranched alkanes of at least 4 members (excludes halogenated alkanes) is 5. The molecule has 20 heavy (non-hydrogen) atoms. The summed E-state index contributed by atoms with van der Waals surface area (Å²) < 4.78 is 0. The summed E-state index contributed by atoms with van der Waals surface area (Å²) in [5.41, 5.74) is 6.67. The van der Waals surface area contributed by atoms with Crippen LogP contribution in [0.5, 0.6) is 0 Å². The number of piperazine rings is 1. The summed E-state index contributed by atoms with van der Waals surface area (Å²) in [7, 11) is 0. The SMILES string of the molecule is CCCCCCC(C)(CCCCC)N1CCNCC1N. The minimum atomic E-state index is 0.196. The van der Waals surface area contributed by atoms with Crippen molar-refractivity contribution >= 4 is 0 Å². The summed E-state index contributed by atoms with van der Waals surface area (Å²) in [6, 6.07) is 0. The van der Waals surface area contributed by atoms with Crippen molar-refractivity contribution in [2.45, 2.75) is 90.3 Å². The van der Waals surface area contributed by atoms with Crippen LogP contribution in [0, 0.1) is 0 Å². The second-order valence-corrected chi connectivity index (χ2v) is 6.73. The second-order valence-electron chi connectivity index (χ2n) is 6.73. The molecule has 0 radical (unpaired) electrons. The van der Waals surface area contributed by atoms with Crippen LogP contribution in [-0.2, 0) is 0 Å². The van der Waals surface area contributed by atoms with E-state index in [9.17, 15) is 0 Å². The molecule has 2 unspecified atom stereocenters. The lowest BCUT2D eigenvalue weighted by molar-refractivity contribution is 0.0235. The number of nitrogens with zero attached hydrogens (tertiary/aromatic N) is 1. The van der Waals surface area contributed by atoms with E-state index in [1.807, 2.05) is 0 Å². The van der Waals surface area contributed by atoms with Gasteiger partial charge in [-0.1, -0.05) is 58.8 Å². The summed E-state index contributed by atoms with van der Waals surface area (Å²) in [6.45, 7) is 10.2. The molecule has 0 saturated carbocycles. The van der Waals surface area contributed by atoms with E-state index >= 15 is 0 Å². The Morgan fingerprint density at radius 2 is 1.65 bits per heavy atom. The molecule has 1 aliphatic heterocycles. The van der Waals surface area contributed by atoms with E-state index in [0.29, 0.717) is 5.54 Å². The molecule has 1 saturated heterocycles. The van der Waals surface area contributed by atoms with Gasteiger partial charge in [-0.2, -0.15) is 0 Å². The topological polar surface area (TPSA) is 41.3 Å². The van der Waals surface area contributed by atoms with Gasteiger partial charge in [-0.05, 0) is 19.8 Å². The minimum absolute atomic E-state index is 0.196. The van der Waals surface area contributed by atoms with E-state index in [4.69, 9.17) is 5.73 Å². The molecule has 0 aliphatic carbocycles. The molecule has 2 atom stereocenters. The lowest BCUT2D eigenvalue weighted by Crippen LogP contribution is -2.63. The standard InChI is InChI=1S/C17H37N3/c1-4-6-8-10-12-17(3,11-9-7-5-2)20-14-13-19-15-16(20)18/h16,19H,4-15,18H2,1-3H3. The molecule has 3 heteroatoms. The molecule has 1 fully saturated rings. The first-order chi connectivity index (χ1) is 9.64. The molecule has 0 aromatic heterocycles. The first-order valence-electron chi connectivity index (χ1n) is 8.87. The highest BCUT2D eigenvalue weighted by atomic mass is 15.3. The lowest BCUT2D eigenvalue weighted by Gasteiger charge is -2.47. The normalized spacial score (nSPS) is 23.7. The van der Waals surface area contributed by atoms with E-state index in [0.717, 1.165) is 19.6 Å². The van der Waals surface area contributed by atoms with Crippen molar-refractivity contribution in [1.82, 2.24) is 10.2 Å². The van der Waals surface area contributed by atoms with E-state index in [-0.39, 0.29) is 6.17 Å². The molecule has 1 aliphatic rings. The van der Waals surface area contributed by atoms with E-state index in [1.165, 1.54) is 57.8 Å². The summed E-state index contributed by atoms with van der Waals surface area (Å²) in [4.78, 5) is 2.59. The quantitative estimate of drug-likeness (QED) is 0.603. The number of hydrogen-bond donors (Lipinski definition) is 2. The fraction of sp³-hybridized carbons (Fsp3) is 1.00. The van der Waals surface area contributed by atoms with Gasteiger partial charge in [0, 0.05) is 25.2 Å². The van der Waals surface area contributed by atoms with Gasteiger partial charge in [-0.3, -0.25) is 4.90 Å². The molecule has 1 heterocycles. The van der Waals surface area contributed by atoms with Gasteiger partial charge >= 0.3 is 0 Å². The minimum Gasteiger partial charge on any atom is -0.315 e. The van der Waals surface area contributed by atoms with Gasteiger partial charge in [0.15, 0.2) is 0 Å². The maximum atomic E-state index is 6.36. The Balaban J connectivity index is 2.55. The van der Waals surface area contributed by atoms with Crippen molar-refractivity contribution < 1.29 is 0 Å². The largest absolute Gasteiger partial charge is 0.315 e. The van der Waals surface area contributed by atoms with Crippen LogP contribution >= 0.6 is 0 Å². The van der Waals surface area contributed by atoms with Gasteiger partial charge in [0.05, 0.1) is 6.17 Å². The predicted octanol–water partition coefficient (Wildman–Crippen LogP) is 3.49. The van der Waals surface area contributed by atoms with Crippen LogP contribution in [0.2, 0.25) is 0 Å². The molecule has 0 aromatic rings. The van der Waals surface area contributed by atoms with Crippen molar-refractivity contribution in [3.05, 3.63) is 0 Å². The Labute approximate surface area is 126 Å². The lowest BCUT2D eigenvalue weighted by atomic mass is 9.85. The molecule has 0 spiro atoms. The number of nitrogens with two attached hydrogens (primary N) is 1. The molecule has 1 rings (SSSR count). The number of nitrogens with one attached hydrogen (secondary N) is 1. The fourth-order valence-electron chi connectivity index (χ4n) is 3.50. The van der Waals surface area contributed by atoms with Crippen LogP contribution in [0.3, 0.4) is 0 Å². The van der Waals surface area contributed by atoms with Crippen LogP contribution in [0.4, 0.5) is 0 Å². The smallest absolute Gasteiger partial charge is 0.0705 e. The van der Waals surface area contributed by atoms with E-state index in [2.05, 4.69) is 31.0 Å². The molecule has 3 N–H and O–H groups in total. The van der Waals surface area contributed by atoms with Crippen LogP contribution in [0.1, 0.15) is 78.6 Å². The van der Waals surface area contributed by atoms with Gasteiger partial charge in [0.25, 0.3) is 0 Å². The average molecular weight is 284 g/mol. The van der Waals surface area contributed by atoms with Crippen molar-refractivity contribution in [1.29, 1.82) is 0 Å². The Morgan fingerprint density at radius 3 is 2.25 bits per heavy atom. The van der Waals surface area contributed by atoms with Crippen LogP contribution in [0.25, 0.3) is 0 Å². The van der Waals surface area contributed by atoms with Gasteiger partial charge in [0.2, 0.25) is 0 Å². The summed E-state index contributed by atoms with van der Waals surface area (Å²) in [5.74, 6) is 0. The third-order valence-electron chi connectivity index (χ3n) is 4.86. The second kappa shape index (κ2) is 9.75. The monoisotopic (exact) mass is 283 g/mol. The zero-order chi connectivity index (χ0) is 14.8. The van der Waals surface area contributed by atoms with Crippen molar-refractivity contribution in [3.8, 4) is 0 Å². The summed E-state index contributed by atoms with van der Waals surface area (Å²) in [5, 5.41) is 3.41. The molecule has 120 valence electrons. The Bertz CT molecular complexity index is 244. The highest BCUT2D eigenvalue weighted by molar-refractivity contribution is 4.91. The van der Waals surface area contributed by atoms with E-state index in [1.54, 1.807) is 0 Å². The van der Waals surface area contributed by atoms with Gasteiger partial charge in [-0.25, -0.2) is 0 Å². The third-order valence-corrected chi connectivity index (χ3v) is 4.86. The van der Waals surface area contributed by atoms with Gasteiger partial charge in [-0.15, -0.1) is 0 Å². The molecule has 0 aromatic carbocycles. The van der Waals surface area contributed by atoms with Crippen LogP contribution in [-0.4, -0.2) is 36.2 Å². The maximum Gasteiger partial charge on any atom is 0.0705 e. The van der Waals surface area contributed by atoms with E-state index < -0.39 is 0 Å². The molecule has 0 amide bonds. The maximum absolute atomic E-state index is 6.36. The van der Waals surface area contributed by atoms with Crippen molar-refractivity contribution in [3.63, 3.8) is 0 Å². The van der Waals surface area contributed by atoms with Gasteiger partial charge < -0.3 is 11.1 Å². The molecular formula is C17H37N3. The first-order valence-corrected chi connectivity index (χ1v) is 8.87. The highest BCUT2D eigenvalue weighted by Gasteiger charge is 2.35. The van der Waals surface area contributed by atoms with Crippen molar-refractivity contribution in [2.24, 2.45) is 5.73 Å². The average Bonchev–Trinajstić information content (AvgIpc) is 2.44. The highest BCUT2D eigenvalue weighted by Crippen LogP contribution is 2.30. The third kappa shape index (κ3) is 5.71. The summed E-state index contributed by atoms with van der Waals surface area (Å²) >= 11 is 0. The molecule has 3 nitrogen and oxygen atoms in total. The Kier molecular flexibility index (Phi) is 8.74. The number of rotatable bonds is 10. The first kappa shape index (κ1) is 17.9. The number of hydrogen-bond acceptors (Lipinski definition) is 3. The Hall–Kier alpha value is -0.120.